The minimum Gasteiger partial charge on any atom is -0.487 e. The van der Waals surface area contributed by atoms with Crippen molar-refractivity contribution >= 4 is 10.9 Å². The molecule has 0 fully saturated rings. The number of fused-ring (bicyclic) bond motifs is 3. The second-order valence-electron chi connectivity index (χ2n) is 6.04. The van der Waals surface area contributed by atoms with Gasteiger partial charge in [-0.05, 0) is 30.7 Å². The molecule has 2 aromatic carbocycles. The molecular weight excluding hydrogens is 353 g/mol. The van der Waals surface area contributed by atoms with E-state index in [1.807, 2.05) is 6.92 Å². The molecule has 3 aromatic rings. The van der Waals surface area contributed by atoms with Crippen LogP contribution in [-0.4, -0.2) is 36.5 Å². The largest absolute Gasteiger partial charge is 0.487 e. The topological polar surface area (TPSA) is 70.0 Å². The van der Waals surface area contributed by atoms with Crippen molar-refractivity contribution in [1.82, 2.24) is 4.98 Å². The molecule has 2 heterocycles. The van der Waals surface area contributed by atoms with Gasteiger partial charge in [0, 0.05) is 12.3 Å². The minimum absolute atomic E-state index is 0.110. The molecular formula is C20H18FNO5. The van der Waals surface area contributed by atoms with Gasteiger partial charge in [0.2, 0.25) is 5.75 Å². The fourth-order valence-corrected chi connectivity index (χ4v) is 2.93. The molecule has 27 heavy (non-hydrogen) atoms. The number of aliphatic hydroxyl groups excluding tert-OH is 1. The highest BCUT2D eigenvalue weighted by Gasteiger charge is 2.24. The zero-order chi connectivity index (χ0) is 18.8. The van der Waals surface area contributed by atoms with Crippen molar-refractivity contribution in [3.63, 3.8) is 0 Å². The molecule has 1 aliphatic rings. The summed E-state index contributed by atoms with van der Waals surface area (Å²) in [6.45, 7) is 2.53. The fourth-order valence-electron chi connectivity index (χ4n) is 2.93. The first-order valence-corrected chi connectivity index (χ1v) is 8.56. The van der Waals surface area contributed by atoms with Crippen LogP contribution in [0.2, 0.25) is 0 Å². The molecule has 1 aliphatic heterocycles. The number of aromatic nitrogens is 1. The number of rotatable bonds is 5. The quantitative estimate of drug-likeness (QED) is 0.739. The predicted octanol–water partition coefficient (Wildman–Crippen LogP) is 3.62. The number of nitrogens with zero attached hydrogens (tertiary/aromatic N) is 1. The highest BCUT2D eigenvalue weighted by Crippen LogP contribution is 2.48. The number of benzene rings is 2. The Morgan fingerprint density at radius 1 is 1.07 bits per heavy atom. The van der Waals surface area contributed by atoms with Crippen molar-refractivity contribution in [2.24, 2.45) is 0 Å². The second-order valence-corrected chi connectivity index (χ2v) is 6.04. The monoisotopic (exact) mass is 371 g/mol. The van der Waals surface area contributed by atoms with E-state index >= 15 is 0 Å². The van der Waals surface area contributed by atoms with Gasteiger partial charge in [-0.25, -0.2) is 4.39 Å². The van der Waals surface area contributed by atoms with Gasteiger partial charge in [0.25, 0.3) is 0 Å². The van der Waals surface area contributed by atoms with E-state index in [4.69, 9.17) is 24.1 Å². The van der Waals surface area contributed by atoms with Crippen LogP contribution in [0.4, 0.5) is 4.39 Å². The highest BCUT2D eigenvalue weighted by molar-refractivity contribution is 5.95. The van der Waals surface area contributed by atoms with E-state index in [0.29, 0.717) is 47.1 Å². The molecule has 1 aromatic heterocycles. The Balaban J connectivity index is 1.84. The Hall–Kier alpha value is -3.06. The Morgan fingerprint density at radius 3 is 2.67 bits per heavy atom. The minimum atomic E-state index is -0.450. The summed E-state index contributed by atoms with van der Waals surface area (Å²) in [4.78, 5) is 4.35. The maximum atomic E-state index is 14.2. The summed E-state index contributed by atoms with van der Waals surface area (Å²) >= 11 is 0. The Morgan fingerprint density at radius 2 is 1.89 bits per heavy atom. The first-order chi connectivity index (χ1) is 13.2. The summed E-state index contributed by atoms with van der Waals surface area (Å²) in [5.74, 6) is 1.34. The van der Waals surface area contributed by atoms with Crippen LogP contribution in [0.3, 0.4) is 0 Å². The van der Waals surface area contributed by atoms with E-state index in [9.17, 15) is 4.39 Å². The van der Waals surface area contributed by atoms with Crippen LogP contribution in [0.25, 0.3) is 10.9 Å². The van der Waals surface area contributed by atoms with E-state index in [1.165, 1.54) is 6.07 Å². The van der Waals surface area contributed by atoms with Gasteiger partial charge in [-0.1, -0.05) is 6.07 Å². The standard InChI is InChI=1S/C20H18FNO5/c1-12-2-3-15(13(21)10-12)27-16-4-5-22-14-11-17(24-7-6-23)19-20(18(14)16)26-9-8-25-19/h2-5,10-11,23H,6-9H2,1H3. The first kappa shape index (κ1) is 17.4. The average Bonchev–Trinajstić information content (AvgIpc) is 2.68. The smallest absolute Gasteiger partial charge is 0.204 e. The van der Waals surface area contributed by atoms with Gasteiger partial charge in [0.05, 0.1) is 17.5 Å². The maximum Gasteiger partial charge on any atom is 0.204 e. The predicted molar refractivity (Wildman–Crippen MR) is 96.5 cm³/mol. The Labute approximate surface area is 155 Å². The Kier molecular flexibility index (Phi) is 4.68. The van der Waals surface area contributed by atoms with E-state index in [1.54, 1.807) is 30.5 Å². The molecule has 0 atom stereocenters. The molecule has 0 radical (unpaired) electrons. The van der Waals surface area contributed by atoms with Crippen molar-refractivity contribution in [2.75, 3.05) is 26.4 Å². The molecule has 6 nitrogen and oxygen atoms in total. The van der Waals surface area contributed by atoms with Gasteiger partial charge < -0.3 is 24.1 Å². The van der Waals surface area contributed by atoms with E-state index in [-0.39, 0.29) is 19.0 Å². The summed E-state index contributed by atoms with van der Waals surface area (Å²) in [6.07, 6.45) is 1.57. The summed E-state index contributed by atoms with van der Waals surface area (Å²) < 4.78 is 37.1. The van der Waals surface area contributed by atoms with Crippen LogP contribution >= 0.6 is 0 Å². The second kappa shape index (κ2) is 7.28. The lowest BCUT2D eigenvalue weighted by molar-refractivity contribution is 0.155. The van der Waals surface area contributed by atoms with Crippen molar-refractivity contribution in [2.45, 2.75) is 6.92 Å². The molecule has 0 spiro atoms. The van der Waals surface area contributed by atoms with Crippen LogP contribution in [0.1, 0.15) is 5.56 Å². The van der Waals surface area contributed by atoms with Gasteiger partial charge in [-0.3, -0.25) is 4.98 Å². The number of hydrogen-bond acceptors (Lipinski definition) is 6. The number of halogens is 1. The molecule has 0 unspecified atom stereocenters. The summed E-state index contributed by atoms with van der Waals surface area (Å²) in [5, 5.41) is 9.60. The third-order valence-corrected chi connectivity index (χ3v) is 4.10. The first-order valence-electron chi connectivity index (χ1n) is 8.56. The summed E-state index contributed by atoms with van der Waals surface area (Å²) in [7, 11) is 0. The number of aryl methyl sites for hydroxylation is 1. The lowest BCUT2D eigenvalue weighted by Crippen LogP contribution is -2.17. The fraction of sp³-hybridized carbons (Fsp3) is 0.250. The summed E-state index contributed by atoms with van der Waals surface area (Å²) in [6, 6.07) is 8.11. The number of hydrogen-bond donors (Lipinski definition) is 1. The van der Waals surface area contributed by atoms with Crippen LogP contribution in [-0.2, 0) is 0 Å². The van der Waals surface area contributed by atoms with E-state index < -0.39 is 5.82 Å². The molecule has 0 aliphatic carbocycles. The van der Waals surface area contributed by atoms with Crippen molar-refractivity contribution < 1.29 is 28.4 Å². The van der Waals surface area contributed by atoms with Gasteiger partial charge in [-0.2, -0.15) is 0 Å². The molecule has 1 N–H and O–H groups in total. The number of ether oxygens (including phenoxy) is 4. The van der Waals surface area contributed by atoms with Gasteiger partial charge in [-0.15, -0.1) is 0 Å². The molecule has 4 rings (SSSR count). The van der Waals surface area contributed by atoms with E-state index in [0.717, 1.165) is 5.56 Å². The average molecular weight is 371 g/mol. The van der Waals surface area contributed by atoms with E-state index in [2.05, 4.69) is 4.98 Å². The van der Waals surface area contributed by atoms with Crippen LogP contribution in [0.15, 0.2) is 36.5 Å². The zero-order valence-electron chi connectivity index (χ0n) is 14.7. The SMILES string of the molecule is Cc1ccc(Oc2ccnc3cc(OCCO)c4c(c23)OCCO4)c(F)c1. The highest BCUT2D eigenvalue weighted by atomic mass is 19.1. The van der Waals surface area contributed by atoms with Crippen LogP contribution in [0, 0.1) is 12.7 Å². The lowest BCUT2D eigenvalue weighted by atomic mass is 10.1. The molecule has 7 heteroatoms. The number of pyridine rings is 1. The van der Waals surface area contributed by atoms with Crippen molar-refractivity contribution in [3.8, 4) is 28.7 Å². The maximum absolute atomic E-state index is 14.2. The third-order valence-electron chi connectivity index (χ3n) is 4.10. The number of aliphatic hydroxyl groups is 1. The lowest BCUT2D eigenvalue weighted by Gasteiger charge is -2.23. The van der Waals surface area contributed by atoms with Crippen molar-refractivity contribution in [1.29, 1.82) is 0 Å². The van der Waals surface area contributed by atoms with Gasteiger partial charge in [0.15, 0.2) is 23.1 Å². The molecule has 0 saturated heterocycles. The van der Waals surface area contributed by atoms with Gasteiger partial charge >= 0.3 is 0 Å². The molecule has 0 saturated carbocycles. The molecule has 0 bridgehead atoms. The molecule has 140 valence electrons. The zero-order valence-corrected chi connectivity index (χ0v) is 14.7. The molecule has 0 amide bonds. The van der Waals surface area contributed by atoms with Gasteiger partial charge in [0.1, 0.15) is 25.6 Å². The van der Waals surface area contributed by atoms with Crippen molar-refractivity contribution in [3.05, 3.63) is 47.9 Å². The van der Waals surface area contributed by atoms with Crippen LogP contribution in [0.5, 0.6) is 28.7 Å². The Bertz CT molecular complexity index is 992. The third kappa shape index (κ3) is 3.33. The summed E-state index contributed by atoms with van der Waals surface area (Å²) in [5.41, 5.74) is 1.36. The van der Waals surface area contributed by atoms with Crippen LogP contribution < -0.4 is 18.9 Å². The normalized spacial score (nSPS) is 12.9.